The lowest BCUT2D eigenvalue weighted by Gasteiger charge is -2.28. The van der Waals surface area contributed by atoms with E-state index >= 15 is 0 Å². The minimum Gasteiger partial charge on any atom is -0.490 e. The van der Waals surface area contributed by atoms with Gasteiger partial charge in [-0.05, 0) is 43.0 Å². The maximum Gasteiger partial charge on any atom is 0.161 e. The molecule has 0 amide bonds. The van der Waals surface area contributed by atoms with Crippen molar-refractivity contribution in [2.75, 3.05) is 6.61 Å². The summed E-state index contributed by atoms with van der Waals surface area (Å²) >= 11 is 0. The zero-order valence-electron chi connectivity index (χ0n) is 15.5. The van der Waals surface area contributed by atoms with Gasteiger partial charge in [0.15, 0.2) is 11.5 Å². The van der Waals surface area contributed by atoms with Crippen molar-refractivity contribution in [1.82, 2.24) is 5.32 Å². The topological polar surface area (TPSA) is 50.7 Å². The van der Waals surface area contributed by atoms with Crippen LogP contribution in [0.25, 0.3) is 0 Å². The van der Waals surface area contributed by atoms with E-state index in [0.29, 0.717) is 13.2 Å². The fraction of sp³-hybridized carbons (Fsp3) is 0.455. The fourth-order valence-electron chi connectivity index (χ4n) is 3.38. The molecule has 140 valence electrons. The van der Waals surface area contributed by atoms with Crippen LogP contribution in [-0.2, 0) is 13.2 Å². The first kappa shape index (κ1) is 18.7. The number of nitrogens with one attached hydrogen (secondary N) is 1. The van der Waals surface area contributed by atoms with Gasteiger partial charge in [0.05, 0.1) is 12.7 Å². The van der Waals surface area contributed by atoms with Crippen LogP contribution in [-0.4, -0.2) is 23.9 Å². The van der Waals surface area contributed by atoms with Gasteiger partial charge < -0.3 is 19.9 Å². The van der Waals surface area contributed by atoms with Gasteiger partial charge in [-0.25, -0.2) is 0 Å². The summed E-state index contributed by atoms with van der Waals surface area (Å²) in [4.78, 5) is 0. The average Bonchev–Trinajstić information content (AvgIpc) is 2.68. The third kappa shape index (κ3) is 5.23. The first-order valence-corrected chi connectivity index (χ1v) is 9.60. The Morgan fingerprint density at radius 1 is 0.962 bits per heavy atom. The third-order valence-electron chi connectivity index (χ3n) is 4.84. The van der Waals surface area contributed by atoms with E-state index in [0.717, 1.165) is 48.4 Å². The van der Waals surface area contributed by atoms with Gasteiger partial charge in [0.1, 0.15) is 6.61 Å². The number of hydrogen-bond donors (Lipinski definition) is 2. The molecule has 0 bridgehead atoms. The lowest BCUT2D eigenvalue weighted by atomic mass is 9.92. The number of rotatable bonds is 8. The quantitative estimate of drug-likeness (QED) is 0.750. The second-order valence-electron chi connectivity index (χ2n) is 6.83. The summed E-state index contributed by atoms with van der Waals surface area (Å²) in [6.45, 7) is 3.82. The van der Waals surface area contributed by atoms with E-state index in [1.165, 1.54) is 6.42 Å². The van der Waals surface area contributed by atoms with Crippen molar-refractivity contribution >= 4 is 0 Å². The maximum absolute atomic E-state index is 10.1. The molecule has 1 fully saturated rings. The molecule has 2 atom stereocenters. The van der Waals surface area contributed by atoms with Crippen LogP contribution in [0.1, 0.15) is 43.7 Å². The Hall–Kier alpha value is -2.04. The lowest BCUT2D eigenvalue weighted by Crippen LogP contribution is -2.41. The van der Waals surface area contributed by atoms with Gasteiger partial charge in [-0.3, -0.25) is 0 Å². The largest absolute Gasteiger partial charge is 0.490 e. The maximum atomic E-state index is 10.1. The zero-order chi connectivity index (χ0) is 18.2. The molecule has 3 rings (SSSR count). The summed E-state index contributed by atoms with van der Waals surface area (Å²) in [6, 6.07) is 16.4. The Balaban J connectivity index is 1.62. The molecule has 0 spiro atoms. The molecule has 0 aromatic heterocycles. The number of aliphatic hydroxyl groups is 1. The van der Waals surface area contributed by atoms with Crippen molar-refractivity contribution < 1.29 is 14.6 Å². The van der Waals surface area contributed by atoms with E-state index in [-0.39, 0.29) is 12.1 Å². The molecular formula is C22H29NO3. The van der Waals surface area contributed by atoms with Crippen molar-refractivity contribution in [2.45, 2.75) is 57.9 Å². The van der Waals surface area contributed by atoms with Gasteiger partial charge >= 0.3 is 0 Å². The second kappa shape index (κ2) is 9.60. The van der Waals surface area contributed by atoms with E-state index in [9.17, 15) is 5.11 Å². The Labute approximate surface area is 156 Å². The molecule has 0 radical (unpaired) electrons. The first-order valence-electron chi connectivity index (χ1n) is 9.60. The Bertz CT molecular complexity index is 674. The Morgan fingerprint density at radius 3 is 2.54 bits per heavy atom. The fourth-order valence-corrected chi connectivity index (χ4v) is 3.38. The minimum absolute atomic E-state index is 0.188. The van der Waals surface area contributed by atoms with Crippen LogP contribution >= 0.6 is 0 Å². The highest BCUT2D eigenvalue weighted by atomic mass is 16.5. The van der Waals surface area contributed by atoms with Crippen LogP contribution < -0.4 is 14.8 Å². The molecule has 2 aromatic rings. The van der Waals surface area contributed by atoms with Crippen LogP contribution in [0.3, 0.4) is 0 Å². The Morgan fingerprint density at radius 2 is 1.77 bits per heavy atom. The summed E-state index contributed by atoms with van der Waals surface area (Å²) in [7, 11) is 0. The van der Waals surface area contributed by atoms with Crippen LogP contribution in [0.5, 0.6) is 11.5 Å². The van der Waals surface area contributed by atoms with Gasteiger partial charge in [-0.2, -0.15) is 0 Å². The van der Waals surface area contributed by atoms with Gasteiger partial charge in [0.2, 0.25) is 0 Å². The number of benzene rings is 2. The van der Waals surface area contributed by atoms with Crippen molar-refractivity contribution in [2.24, 2.45) is 0 Å². The summed E-state index contributed by atoms with van der Waals surface area (Å²) in [5.74, 6) is 1.53. The molecule has 4 heteroatoms. The van der Waals surface area contributed by atoms with E-state index < -0.39 is 0 Å². The van der Waals surface area contributed by atoms with Crippen LogP contribution in [0, 0.1) is 0 Å². The molecule has 26 heavy (non-hydrogen) atoms. The number of ether oxygens (including phenoxy) is 2. The van der Waals surface area contributed by atoms with Crippen molar-refractivity contribution in [1.29, 1.82) is 0 Å². The third-order valence-corrected chi connectivity index (χ3v) is 4.84. The van der Waals surface area contributed by atoms with E-state index in [1.54, 1.807) is 0 Å². The molecular weight excluding hydrogens is 326 g/mol. The molecule has 2 N–H and O–H groups in total. The van der Waals surface area contributed by atoms with Crippen LogP contribution in [0.15, 0.2) is 48.5 Å². The molecule has 1 saturated carbocycles. The summed E-state index contributed by atoms with van der Waals surface area (Å²) in [5.41, 5.74) is 2.27. The molecule has 0 aliphatic heterocycles. The lowest BCUT2D eigenvalue weighted by molar-refractivity contribution is 0.0902. The standard InChI is InChI=1S/C22H29NO3/c1-2-25-22-14-18(15-23-19-10-6-7-11-20(19)24)12-13-21(22)26-16-17-8-4-3-5-9-17/h3-5,8-9,12-14,19-20,23-24H,2,6-7,10-11,15-16H2,1H3. The highest BCUT2D eigenvalue weighted by Crippen LogP contribution is 2.29. The highest BCUT2D eigenvalue weighted by Gasteiger charge is 2.22. The van der Waals surface area contributed by atoms with E-state index in [1.807, 2.05) is 49.4 Å². The van der Waals surface area contributed by atoms with Crippen LogP contribution in [0.4, 0.5) is 0 Å². The molecule has 0 heterocycles. The second-order valence-corrected chi connectivity index (χ2v) is 6.83. The number of aliphatic hydroxyl groups excluding tert-OH is 1. The monoisotopic (exact) mass is 355 g/mol. The van der Waals surface area contributed by atoms with Crippen molar-refractivity contribution in [3.05, 3.63) is 59.7 Å². The molecule has 4 nitrogen and oxygen atoms in total. The van der Waals surface area contributed by atoms with Crippen molar-refractivity contribution in [3.63, 3.8) is 0 Å². The van der Waals surface area contributed by atoms with Gasteiger partial charge in [-0.15, -0.1) is 0 Å². The van der Waals surface area contributed by atoms with Gasteiger partial charge in [-0.1, -0.05) is 49.2 Å². The number of hydrogen-bond acceptors (Lipinski definition) is 4. The molecule has 0 saturated heterocycles. The van der Waals surface area contributed by atoms with E-state index in [4.69, 9.17) is 9.47 Å². The van der Waals surface area contributed by atoms with Crippen molar-refractivity contribution in [3.8, 4) is 11.5 Å². The van der Waals surface area contributed by atoms with Crippen LogP contribution in [0.2, 0.25) is 0 Å². The van der Waals surface area contributed by atoms with Gasteiger partial charge in [0.25, 0.3) is 0 Å². The summed E-state index contributed by atoms with van der Waals surface area (Å²) in [6.07, 6.45) is 4.02. The van der Waals surface area contributed by atoms with E-state index in [2.05, 4.69) is 11.4 Å². The predicted octanol–water partition coefficient (Wildman–Crippen LogP) is 4.06. The molecule has 1 aliphatic carbocycles. The zero-order valence-corrected chi connectivity index (χ0v) is 15.5. The SMILES string of the molecule is CCOc1cc(CNC2CCCCC2O)ccc1OCc1ccccc1. The summed E-state index contributed by atoms with van der Waals surface area (Å²) < 4.78 is 11.7. The normalized spacial score (nSPS) is 19.9. The average molecular weight is 355 g/mol. The predicted molar refractivity (Wildman–Crippen MR) is 103 cm³/mol. The molecule has 1 aliphatic rings. The first-order chi connectivity index (χ1) is 12.8. The van der Waals surface area contributed by atoms with Gasteiger partial charge in [0, 0.05) is 12.6 Å². The summed E-state index contributed by atoms with van der Waals surface area (Å²) in [5, 5.41) is 13.6. The molecule has 2 aromatic carbocycles. The minimum atomic E-state index is -0.233. The highest BCUT2D eigenvalue weighted by molar-refractivity contribution is 5.43. The Kier molecular flexibility index (Phi) is 6.92. The smallest absolute Gasteiger partial charge is 0.161 e. The molecule has 2 unspecified atom stereocenters.